The maximum absolute atomic E-state index is 4.03. The van der Waals surface area contributed by atoms with Gasteiger partial charge < -0.3 is 0 Å². The molecular formula is C5H5AlN2. The third-order valence-electron chi connectivity index (χ3n) is 0.813. The van der Waals surface area contributed by atoms with E-state index in [1.54, 1.807) is 6.20 Å². The predicted octanol–water partition coefficient (Wildman–Crippen LogP) is -0.421. The van der Waals surface area contributed by atoms with Crippen molar-refractivity contribution in [1.82, 2.24) is 9.97 Å². The van der Waals surface area contributed by atoms with Crippen LogP contribution in [-0.2, 0) is 0 Å². The van der Waals surface area contributed by atoms with E-state index in [0.29, 0.717) is 0 Å². The third-order valence-corrected chi connectivity index (χ3v) is 1.09. The molecule has 8 heavy (non-hydrogen) atoms. The van der Waals surface area contributed by atoms with Crippen molar-refractivity contribution in [3.63, 3.8) is 0 Å². The highest BCUT2D eigenvalue weighted by Gasteiger charge is 1.82. The summed E-state index contributed by atoms with van der Waals surface area (Å²) >= 11 is 2.44. The van der Waals surface area contributed by atoms with Gasteiger partial charge in [0.15, 0.2) is 0 Å². The molecule has 2 radical (unpaired) electrons. The standard InChI is InChI=1S/C5H5N2.Al/c1-5-2-3-6-4-7-5;/h2-3H,1H3;. The molecule has 0 spiro atoms. The Morgan fingerprint density at radius 2 is 2.38 bits per heavy atom. The van der Waals surface area contributed by atoms with Gasteiger partial charge in [0.05, 0.1) is 0 Å². The molecule has 0 N–H and O–H groups in total. The monoisotopic (exact) mass is 120 g/mol. The smallest absolute Gasteiger partial charge is 0.244 e. The molecule has 1 rings (SSSR count). The second-order valence-corrected chi connectivity index (χ2v) is 2.07. The van der Waals surface area contributed by atoms with Crippen LogP contribution >= 0.6 is 0 Å². The summed E-state index contributed by atoms with van der Waals surface area (Å²) < 4.78 is 0.755. The number of nitrogens with zero attached hydrogens (tertiary/aromatic N) is 2. The summed E-state index contributed by atoms with van der Waals surface area (Å²) in [5.74, 6) is 0. The minimum Gasteiger partial charge on any atom is -0.264 e. The zero-order chi connectivity index (χ0) is 5.98. The zero-order valence-electron chi connectivity index (χ0n) is 4.63. The van der Waals surface area contributed by atoms with Crippen LogP contribution in [0.5, 0.6) is 0 Å². The summed E-state index contributed by atoms with van der Waals surface area (Å²) in [4.78, 5) is 7.92. The van der Waals surface area contributed by atoms with Crippen LogP contribution in [0, 0.1) is 6.92 Å². The Kier molecular flexibility index (Phi) is 1.62. The number of hydrogen-bond donors (Lipinski definition) is 0. The summed E-state index contributed by atoms with van der Waals surface area (Å²) in [7, 11) is 0. The quantitative estimate of drug-likeness (QED) is 0.434. The Hall–Kier alpha value is -0.388. The lowest BCUT2D eigenvalue weighted by molar-refractivity contribution is 1.16. The van der Waals surface area contributed by atoms with Gasteiger partial charge in [-0.2, -0.15) is 0 Å². The Morgan fingerprint density at radius 3 is 2.75 bits per heavy atom. The van der Waals surface area contributed by atoms with Gasteiger partial charge in [0.25, 0.3) is 0 Å². The lowest BCUT2D eigenvalue weighted by atomic mass is 10.5. The van der Waals surface area contributed by atoms with Crippen LogP contribution in [0.15, 0.2) is 12.3 Å². The number of aromatic nitrogens is 2. The molecule has 0 atom stereocenters. The molecule has 0 saturated heterocycles. The molecule has 2 nitrogen and oxygen atoms in total. The Balaban J connectivity index is 3.08. The average molecular weight is 120 g/mol. The summed E-state index contributed by atoms with van der Waals surface area (Å²) in [6.45, 7) is 1.94. The fraction of sp³-hybridized carbons (Fsp3) is 0.200. The summed E-state index contributed by atoms with van der Waals surface area (Å²) in [5, 5.41) is 0. The van der Waals surface area contributed by atoms with Gasteiger partial charge in [-0.1, -0.05) is 0 Å². The fourth-order valence-corrected chi connectivity index (χ4v) is 0.758. The predicted molar refractivity (Wildman–Crippen MR) is 32.2 cm³/mol. The first-order valence-corrected chi connectivity index (χ1v) is 2.92. The van der Waals surface area contributed by atoms with Crippen molar-refractivity contribution in [3.05, 3.63) is 18.0 Å². The van der Waals surface area contributed by atoms with Crippen molar-refractivity contribution in [2.45, 2.75) is 6.92 Å². The minimum absolute atomic E-state index is 0.755. The highest BCUT2D eigenvalue weighted by atomic mass is 27.0. The van der Waals surface area contributed by atoms with E-state index in [0.717, 1.165) is 10.4 Å². The van der Waals surface area contributed by atoms with E-state index in [1.807, 2.05) is 13.0 Å². The van der Waals surface area contributed by atoms with Gasteiger partial charge >= 0.3 is 0 Å². The summed E-state index contributed by atoms with van der Waals surface area (Å²) in [6, 6.07) is 1.87. The highest BCUT2D eigenvalue weighted by molar-refractivity contribution is 6.28. The normalized spacial score (nSPS) is 9.12. The van der Waals surface area contributed by atoms with E-state index in [1.165, 1.54) is 0 Å². The number of rotatable bonds is 0. The Bertz CT molecular complexity index is 170. The molecule has 0 aromatic carbocycles. The van der Waals surface area contributed by atoms with Crippen LogP contribution < -0.4 is 4.69 Å². The van der Waals surface area contributed by atoms with Gasteiger partial charge in [-0.15, -0.1) is 0 Å². The van der Waals surface area contributed by atoms with Crippen LogP contribution in [0.4, 0.5) is 0 Å². The van der Waals surface area contributed by atoms with E-state index < -0.39 is 0 Å². The van der Waals surface area contributed by atoms with Crippen molar-refractivity contribution < 1.29 is 0 Å². The lowest BCUT2D eigenvalue weighted by Gasteiger charge is -1.90. The van der Waals surface area contributed by atoms with E-state index in [-0.39, 0.29) is 0 Å². The Labute approximate surface area is 56.4 Å². The maximum Gasteiger partial charge on any atom is 0.244 e. The van der Waals surface area contributed by atoms with E-state index in [4.69, 9.17) is 0 Å². The molecule has 0 aliphatic heterocycles. The molecule has 0 amide bonds. The highest BCUT2D eigenvalue weighted by Crippen LogP contribution is 1.80. The summed E-state index contributed by atoms with van der Waals surface area (Å²) in [5.41, 5.74) is 1.00. The van der Waals surface area contributed by atoms with Crippen molar-refractivity contribution in [2.24, 2.45) is 0 Å². The van der Waals surface area contributed by atoms with E-state index in [2.05, 4.69) is 26.3 Å². The molecule has 0 bridgehead atoms. The topological polar surface area (TPSA) is 25.8 Å². The van der Waals surface area contributed by atoms with Gasteiger partial charge in [-0.05, 0) is 13.0 Å². The first-order chi connectivity index (χ1) is 3.79. The molecule has 0 aliphatic carbocycles. The van der Waals surface area contributed by atoms with Crippen LogP contribution in [0.3, 0.4) is 0 Å². The number of aryl methyl sites for hydroxylation is 1. The minimum atomic E-state index is 0.755. The van der Waals surface area contributed by atoms with E-state index >= 15 is 0 Å². The molecule has 3 heteroatoms. The van der Waals surface area contributed by atoms with Crippen molar-refractivity contribution in [1.29, 1.82) is 0 Å². The van der Waals surface area contributed by atoms with Gasteiger partial charge in [0, 0.05) is 16.6 Å². The first-order valence-electron chi connectivity index (χ1n) is 2.34. The third kappa shape index (κ3) is 1.29. The van der Waals surface area contributed by atoms with Gasteiger partial charge in [0.2, 0.25) is 16.3 Å². The van der Waals surface area contributed by atoms with E-state index in [9.17, 15) is 0 Å². The molecule has 1 aromatic rings. The lowest BCUT2D eigenvalue weighted by Crippen LogP contribution is -2.12. The molecule has 38 valence electrons. The molecule has 1 aromatic heterocycles. The van der Waals surface area contributed by atoms with Gasteiger partial charge in [0.1, 0.15) is 0 Å². The van der Waals surface area contributed by atoms with Crippen LogP contribution in [0.2, 0.25) is 0 Å². The fourth-order valence-electron chi connectivity index (χ4n) is 0.468. The Morgan fingerprint density at radius 1 is 1.62 bits per heavy atom. The zero-order valence-corrected chi connectivity index (χ0v) is 5.78. The van der Waals surface area contributed by atoms with Gasteiger partial charge in [-0.25, -0.2) is 0 Å². The molecular weight excluding hydrogens is 115 g/mol. The van der Waals surface area contributed by atoms with Crippen molar-refractivity contribution in [2.75, 3.05) is 0 Å². The van der Waals surface area contributed by atoms with Gasteiger partial charge in [-0.3, -0.25) is 9.97 Å². The largest absolute Gasteiger partial charge is 0.264 e. The number of hydrogen-bond acceptors (Lipinski definition) is 2. The average Bonchev–Trinajstić information content (AvgIpc) is 1.64. The molecule has 0 fully saturated rings. The second-order valence-electron chi connectivity index (χ2n) is 1.56. The molecule has 0 saturated carbocycles. The van der Waals surface area contributed by atoms with Crippen molar-refractivity contribution in [3.8, 4) is 0 Å². The van der Waals surface area contributed by atoms with Crippen LogP contribution in [0.1, 0.15) is 5.69 Å². The van der Waals surface area contributed by atoms with Crippen LogP contribution in [0.25, 0.3) is 0 Å². The summed E-state index contributed by atoms with van der Waals surface area (Å²) in [6.07, 6.45) is 1.74. The maximum atomic E-state index is 4.03. The molecule has 0 unspecified atom stereocenters. The molecule has 0 aliphatic rings. The van der Waals surface area contributed by atoms with Crippen molar-refractivity contribution >= 4 is 21.0 Å². The SMILES string of the molecule is Cc1ccn[c]([Al])n1. The van der Waals surface area contributed by atoms with Crippen LogP contribution in [-0.4, -0.2) is 26.3 Å². The molecule has 1 heterocycles. The first kappa shape index (κ1) is 5.74. The second kappa shape index (κ2) is 2.25.